The summed E-state index contributed by atoms with van der Waals surface area (Å²) in [5.41, 5.74) is 2.71. The first-order valence-corrected chi connectivity index (χ1v) is 9.74. The quantitative estimate of drug-likeness (QED) is 0.748. The number of anilines is 2. The Hall–Kier alpha value is -2.70. The summed E-state index contributed by atoms with van der Waals surface area (Å²) in [6.07, 6.45) is -0.773. The molecule has 2 heterocycles. The van der Waals surface area contributed by atoms with Crippen molar-refractivity contribution in [3.63, 3.8) is 0 Å². The molecule has 2 aliphatic heterocycles. The van der Waals surface area contributed by atoms with Gasteiger partial charge in [0.05, 0.1) is 17.6 Å². The van der Waals surface area contributed by atoms with Crippen molar-refractivity contribution >= 4 is 23.2 Å². The standard InChI is InChI=1S/C22H25N3O3/c1-4-24(5-2)16-13-11-15(12-14-16)19-18-20(28-23(19)3)22(27)25(21(18)26)17-9-7-6-8-10-17/h6-14,18-20H,4-5H2,1-3H3/t18-,19+,20+/m0/s1. The van der Waals surface area contributed by atoms with Crippen LogP contribution in [0.15, 0.2) is 54.6 Å². The Balaban J connectivity index is 1.64. The van der Waals surface area contributed by atoms with Gasteiger partial charge in [-0.25, -0.2) is 4.90 Å². The zero-order chi connectivity index (χ0) is 19.8. The smallest absolute Gasteiger partial charge is 0.265 e. The van der Waals surface area contributed by atoms with Crippen LogP contribution in [-0.4, -0.2) is 43.1 Å². The van der Waals surface area contributed by atoms with Gasteiger partial charge in [0, 0.05) is 25.8 Å². The predicted molar refractivity (Wildman–Crippen MR) is 108 cm³/mol. The third kappa shape index (κ3) is 2.89. The van der Waals surface area contributed by atoms with Crippen molar-refractivity contribution in [2.24, 2.45) is 5.92 Å². The zero-order valence-corrected chi connectivity index (χ0v) is 16.4. The van der Waals surface area contributed by atoms with Crippen LogP contribution in [0.25, 0.3) is 0 Å². The molecule has 0 bridgehead atoms. The molecule has 2 amide bonds. The maximum atomic E-state index is 13.2. The molecule has 2 aromatic rings. The van der Waals surface area contributed by atoms with Gasteiger partial charge in [-0.15, -0.1) is 0 Å². The van der Waals surface area contributed by atoms with Crippen molar-refractivity contribution < 1.29 is 14.4 Å². The molecule has 0 aromatic heterocycles. The van der Waals surface area contributed by atoms with Crippen molar-refractivity contribution in [2.75, 3.05) is 29.9 Å². The molecule has 2 saturated heterocycles. The van der Waals surface area contributed by atoms with Crippen LogP contribution < -0.4 is 9.80 Å². The molecule has 0 spiro atoms. The zero-order valence-electron chi connectivity index (χ0n) is 16.4. The summed E-state index contributed by atoms with van der Waals surface area (Å²) in [5.74, 6) is -1.05. The van der Waals surface area contributed by atoms with E-state index in [1.54, 1.807) is 24.2 Å². The highest BCUT2D eigenvalue weighted by atomic mass is 16.7. The number of carbonyl (C=O) groups is 2. The molecule has 0 saturated carbocycles. The maximum absolute atomic E-state index is 13.2. The summed E-state index contributed by atoms with van der Waals surface area (Å²) < 4.78 is 0. The van der Waals surface area contributed by atoms with E-state index in [4.69, 9.17) is 4.84 Å². The number of carbonyl (C=O) groups excluding carboxylic acids is 2. The largest absolute Gasteiger partial charge is 0.372 e. The van der Waals surface area contributed by atoms with Gasteiger partial charge in [0.15, 0.2) is 6.10 Å². The molecule has 0 N–H and O–H groups in total. The van der Waals surface area contributed by atoms with E-state index in [0.29, 0.717) is 5.69 Å². The van der Waals surface area contributed by atoms with Gasteiger partial charge in [0.1, 0.15) is 0 Å². The van der Waals surface area contributed by atoms with E-state index in [-0.39, 0.29) is 17.9 Å². The lowest BCUT2D eigenvalue weighted by atomic mass is 9.91. The number of amides is 2. The molecule has 0 aliphatic carbocycles. The van der Waals surface area contributed by atoms with Gasteiger partial charge >= 0.3 is 0 Å². The molecule has 2 aromatic carbocycles. The first-order chi connectivity index (χ1) is 13.6. The van der Waals surface area contributed by atoms with Crippen molar-refractivity contribution in [1.82, 2.24) is 5.06 Å². The second-order valence-corrected chi connectivity index (χ2v) is 7.15. The predicted octanol–water partition coefficient (Wildman–Crippen LogP) is 3.01. The summed E-state index contributed by atoms with van der Waals surface area (Å²) in [4.78, 5) is 35.4. The van der Waals surface area contributed by atoms with Crippen LogP contribution in [0.4, 0.5) is 11.4 Å². The van der Waals surface area contributed by atoms with E-state index < -0.39 is 12.0 Å². The Morgan fingerprint density at radius 3 is 2.18 bits per heavy atom. The van der Waals surface area contributed by atoms with Crippen LogP contribution in [0.5, 0.6) is 0 Å². The number of imide groups is 1. The van der Waals surface area contributed by atoms with Gasteiger partial charge in [-0.05, 0) is 43.7 Å². The first kappa shape index (κ1) is 18.7. The SMILES string of the molecule is CCN(CC)c1ccc([C@@H]2[C@@H]3C(=O)N(c4ccccc4)C(=O)[C@@H]3ON2C)cc1. The number of hydroxylamine groups is 2. The van der Waals surface area contributed by atoms with Gasteiger partial charge in [-0.2, -0.15) is 5.06 Å². The van der Waals surface area contributed by atoms with Crippen molar-refractivity contribution in [1.29, 1.82) is 0 Å². The molecule has 6 nitrogen and oxygen atoms in total. The Bertz CT molecular complexity index is 864. The topological polar surface area (TPSA) is 53.1 Å². The Kier molecular flexibility index (Phi) is 4.91. The van der Waals surface area contributed by atoms with E-state index >= 15 is 0 Å². The minimum absolute atomic E-state index is 0.205. The molecular formula is C22H25N3O3. The van der Waals surface area contributed by atoms with Crippen molar-refractivity contribution in [2.45, 2.75) is 26.0 Å². The van der Waals surface area contributed by atoms with Crippen LogP contribution in [0, 0.1) is 5.92 Å². The number of hydrogen-bond donors (Lipinski definition) is 0. The third-order valence-electron chi connectivity index (χ3n) is 5.68. The van der Waals surface area contributed by atoms with Gasteiger partial charge < -0.3 is 4.90 Å². The van der Waals surface area contributed by atoms with Crippen molar-refractivity contribution in [3.8, 4) is 0 Å². The number of fused-ring (bicyclic) bond motifs is 1. The lowest BCUT2D eigenvalue weighted by molar-refractivity contribution is -0.160. The fourth-order valence-electron chi connectivity index (χ4n) is 4.27. The molecule has 4 rings (SSSR count). The molecule has 2 fully saturated rings. The highest BCUT2D eigenvalue weighted by Gasteiger charge is 2.59. The molecule has 146 valence electrons. The van der Waals surface area contributed by atoms with Gasteiger partial charge in [0.25, 0.3) is 5.91 Å². The Labute approximate surface area is 165 Å². The normalized spacial score (nSPS) is 24.7. The van der Waals surface area contributed by atoms with Crippen LogP contribution >= 0.6 is 0 Å². The van der Waals surface area contributed by atoms with Gasteiger partial charge in [-0.3, -0.25) is 14.4 Å². The molecule has 0 radical (unpaired) electrons. The molecule has 0 unspecified atom stereocenters. The van der Waals surface area contributed by atoms with Gasteiger partial charge in [0.2, 0.25) is 5.91 Å². The summed E-state index contributed by atoms with van der Waals surface area (Å²) in [6, 6.07) is 17.0. The van der Waals surface area contributed by atoms with Gasteiger partial charge in [-0.1, -0.05) is 30.3 Å². The van der Waals surface area contributed by atoms with Crippen LogP contribution in [0.1, 0.15) is 25.5 Å². The maximum Gasteiger partial charge on any atom is 0.265 e. The summed E-state index contributed by atoms with van der Waals surface area (Å²) in [6.45, 7) is 6.13. The molecular weight excluding hydrogens is 354 g/mol. The minimum atomic E-state index is -0.773. The van der Waals surface area contributed by atoms with E-state index in [0.717, 1.165) is 24.3 Å². The lowest BCUT2D eigenvalue weighted by Gasteiger charge is -2.25. The number of nitrogens with zero attached hydrogens (tertiary/aromatic N) is 3. The monoisotopic (exact) mass is 379 g/mol. The fourth-order valence-corrected chi connectivity index (χ4v) is 4.27. The number of rotatable bonds is 5. The minimum Gasteiger partial charge on any atom is -0.372 e. The lowest BCUT2D eigenvalue weighted by Crippen LogP contribution is -2.36. The molecule has 28 heavy (non-hydrogen) atoms. The average Bonchev–Trinajstić information content (AvgIpc) is 3.18. The molecule has 3 atom stereocenters. The van der Waals surface area contributed by atoms with E-state index in [1.807, 2.05) is 30.3 Å². The first-order valence-electron chi connectivity index (χ1n) is 9.74. The summed E-state index contributed by atoms with van der Waals surface area (Å²) in [5, 5.41) is 1.65. The fraction of sp³-hybridized carbons (Fsp3) is 0.364. The average molecular weight is 379 g/mol. The van der Waals surface area contributed by atoms with Crippen molar-refractivity contribution in [3.05, 3.63) is 60.2 Å². The highest BCUT2D eigenvalue weighted by molar-refractivity contribution is 6.23. The third-order valence-corrected chi connectivity index (χ3v) is 5.68. The number of para-hydroxylation sites is 1. The Morgan fingerprint density at radius 2 is 1.57 bits per heavy atom. The van der Waals surface area contributed by atoms with E-state index in [2.05, 4.69) is 30.9 Å². The molecule has 6 heteroatoms. The summed E-state index contributed by atoms with van der Waals surface area (Å²) >= 11 is 0. The Morgan fingerprint density at radius 1 is 0.929 bits per heavy atom. The van der Waals surface area contributed by atoms with Crippen LogP contribution in [0.2, 0.25) is 0 Å². The van der Waals surface area contributed by atoms with Crippen LogP contribution in [-0.2, 0) is 14.4 Å². The van der Waals surface area contributed by atoms with E-state index in [1.165, 1.54) is 4.90 Å². The second-order valence-electron chi connectivity index (χ2n) is 7.15. The number of benzene rings is 2. The van der Waals surface area contributed by atoms with Crippen LogP contribution in [0.3, 0.4) is 0 Å². The van der Waals surface area contributed by atoms with E-state index in [9.17, 15) is 9.59 Å². The molecule has 2 aliphatic rings. The summed E-state index contributed by atoms with van der Waals surface area (Å²) in [7, 11) is 1.79. The number of hydrogen-bond acceptors (Lipinski definition) is 5. The second kappa shape index (κ2) is 7.37. The highest BCUT2D eigenvalue weighted by Crippen LogP contribution is 2.45.